The van der Waals surface area contributed by atoms with E-state index >= 15 is 0 Å². The van der Waals surface area contributed by atoms with Crippen LogP contribution in [0.15, 0.2) is 30.3 Å². The average Bonchev–Trinajstić information content (AvgIpc) is 2.78. The van der Waals surface area contributed by atoms with Crippen molar-refractivity contribution in [3.8, 4) is 11.5 Å². The number of benzene rings is 2. The van der Waals surface area contributed by atoms with Crippen LogP contribution >= 0.6 is 0 Å². The quantitative estimate of drug-likeness (QED) is 0.713. The van der Waals surface area contributed by atoms with Gasteiger partial charge < -0.3 is 20.1 Å². The predicted octanol–water partition coefficient (Wildman–Crippen LogP) is 2.82. The Morgan fingerprint density at radius 1 is 1.06 bits per heavy atom. The molecule has 166 valence electrons. The first kappa shape index (κ1) is 22.6. The van der Waals surface area contributed by atoms with E-state index in [4.69, 9.17) is 9.47 Å². The van der Waals surface area contributed by atoms with E-state index in [2.05, 4.69) is 15.5 Å². The number of hydrogen-bond donors (Lipinski definition) is 2. The minimum Gasteiger partial charge on any atom is -0.493 e. The molecule has 2 aromatic rings. The summed E-state index contributed by atoms with van der Waals surface area (Å²) in [6, 6.07) is 9.47. The van der Waals surface area contributed by atoms with Crippen molar-refractivity contribution in [2.45, 2.75) is 39.8 Å². The van der Waals surface area contributed by atoms with Crippen LogP contribution in [0.2, 0.25) is 0 Å². The highest BCUT2D eigenvalue weighted by Gasteiger charge is 2.26. The van der Waals surface area contributed by atoms with Gasteiger partial charge in [0.15, 0.2) is 11.5 Å². The Balaban J connectivity index is 1.57. The summed E-state index contributed by atoms with van der Waals surface area (Å²) in [5, 5.41) is 5.66. The number of anilines is 1. The van der Waals surface area contributed by atoms with Crippen molar-refractivity contribution in [2.24, 2.45) is 0 Å². The minimum atomic E-state index is -0.353. The van der Waals surface area contributed by atoms with E-state index < -0.39 is 0 Å². The number of para-hydroxylation sites is 1. The first-order valence-electron chi connectivity index (χ1n) is 10.5. The Bertz CT molecular complexity index is 953. The van der Waals surface area contributed by atoms with Crippen LogP contribution in [0.5, 0.6) is 11.5 Å². The smallest absolute Gasteiger partial charge is 0.243 e. The van der Waals surface area contributed by atoms with Crippen LogP contribution in [-0.2, 0) is 22.6 Å². The molecule has 7 nitrogen and oxygen atoms in total. The molecule has 1 aliphatic heterocycles. The highest BCUT2D eigenvalue weighted by atomic mass is 16.5. The van der Waals surface area contributed by atoms with Crippen LogP contribution in [0.1, 0.15) is 29.2 Å². The van der Waals surface area contributed by atoms with Gasteiger partial charge in [-0.15, -0.1) is 0 Å². The van der Waals surface area contributed by atoms with Crippen LogP contribution in [0.25, 0.3) is 0 Å². The molecule has 31 heavy (non-hydrogen) atoms. The van der Waals surface area contributed by atoms with Crippen LogP contribution in [-0.4, -0.2) is 50.1 Å². The molecule has 1 atom stereocenters. The van der Waals surface area contributed by atoms with Crippen molar-refractivity contribution >= 4 is 17.5 Å². The number of amides is 2. The van der Waals surface area contributed by atoms with Gasteiger partial charge in [-0.05, 0) is 61.6 Å². The molecule has 7 heteroatoms. The van der Waals surface area contributed by atoms with E-state index in [0.29, 0.717) is 12.3 Å². The van der Waals surface area contributed by atoms with Crippen molar-refractivity contribution in [1.82, 2.24) is 10.2 Å². The van der Waals surface area contributed by atoms with Crippen LogP contribution in [0, 0.1) is 13.8 Å². The third kappa shape index (κ3) is 5.17. The number of fused-ring (bicyclic) bond motifs is 1. The number of ether oxygens (including phenoxy) is 2. The topological polar surface area (TPSA) is 79.9 Å². The number of nitrogens with zero attached hydrogens (tertiary/aromatic N) is 1. The van der Waals surface area contributed by atoms with Gasteiger partial charge in [-0.25, -0.2) is 0 Å². The van der Waals surface area contributed by atoms with Gasteiger partial charge in [-0.3, -0.25) is 14.5 Å². The molecule has 2 amide bonds. The Morgan fingerprint density at radius 2 is 1.68 bits per heavy atom. The first-order valence-corrected chi connectivity index (χ1v) is 10.5. The molecule has 0 aromatic heterocycles. The lowest BCUT2D eigenvalue weighted by Gasteiger charge is -2.33. The van der Waals surface area contributed by atoms with Gasteiger partial charge in [0.25, 0.3) is 0 Å². The Labute approximate surface area is 183 Å². The fraction of sp³-hybridized carbons (Fsp3) is 0.417. The third-order valence-corrected chi connectivity index (χ3v) is 5.84. The summed E-state index contributed by atoms with van der Waals surface area (Å²) in [5.41, 5.74) is 5.11. The molecular weight excluding hydrogens is 394 g/mol. The van der Waals surface area contributed by atoms with Gasteiger partial charge in [-0.1, -0.05) is 18.2 Å². The van der Waals surface area contributed by atoms with Gasteiger partial charge >= 0.3 is 0 Å². The molecule has 0 aliphatic carbocycles. The first-order chi connectivity index (χ1) is 14.8. The molecule has 2 N–H and O–H groups in total. The Hall–Kier alpha value is -3.06. The van der Waals surface area contributed by atoms with Crippen molar-refractivity contribution in [1.29, 1.82) is 0 Å². The van der Waals surface area contributed by atoms with E-state index in [1.54, 1.807) is 14.2 Å². The third-order valence-electron chi connectivity index (χ3n) is 5.84. The van der Waals surface area contributed by atoms with Gasteiger partial charge in [0.1, 0.15) is 0 Å². The highest BCUT2D eigenvalue weighted by Crippen LogP contribution is 2.33. The number of carbonyl (C=O) groups excluding carboxylic acids is 2. The second kappa shape index (κ2) is 9.83. The lowest BCUT2D eigenvalue weighted by molar-refractivity contribution is -0.128. The zero-order chi connectivity index (χ0) is 22.5. The predicted molar refractivity (Wildman–Crippen MR) is 121 cm³/mol. The molecule has 0 saturated heterocycles. The van der Waals surface area contributed by atoms with Gasteiger partial charge in [0.05, 0.1) is 26.8 Å². The largest absolute Gasteiger partial charge is 0.493 e. The molecular formula is C24H31N3O4. The average molecular weight is 426 g/mol. The maximum Gasteiger partial charge on any atom is 0.243 e. The normalized spacial score (nSPS) is 14.4. The number of hydrogen-bond acceptors (Lipinski definition) is 5. The molecule has 0 bridgehead atoms. The molecule has 0 radical (unpaired) electrons. The molecule has 3 rings (SSSR count). The number of nitrogens with one attached hydrogen (secondary N) is 2. The molecule has 1 heterocycles. The van der Waals surface area contributed by atoms with Crippen LogP contribution in [0.4, 0.5) is 5.69 Å². The molecule has 0 fully saturated rings. The Morgan fingerprint density at radius 3 is 2.29 bits per heavy atom. The van der Waals surface area contributed by atoms with Crippen molar-refractivity contribution < 1.29 is 19.1 Å². The van der Waals surface area contributed by atoms with Gasteiger partial charge in [0.2, 0.25) is 11.8 Å². The zero-order valence-electron chi connectivity index (χ0n) is 18.9. The van der Waals surface area contributed by atoms with E-state index in [0.717, 1.165) is 41.1 Å². The maximum absolute atomic E-state index is 12.7. The summed E-state index contributed by atoms with van der Waals surface area (Å²) in [5.74, 6) is 0.998. The molecule has 1 aliphatic rings. The minimum absolute atomic E-state index is 0.0631. The molecule has 2 aromatic carbocycles. The second-order valence-electron chi connectivity index (χ2n) is 7.91. The Kier molecular flexibility index (Phi) is 7.17. The number of carbonyl (C=O) groups is 2. The van der Waals surface area contributed by atoms with Crippen LogP contribution in [0.3, 0.4) is 0 Å². The summed E-state index contributed by atoms with van der Waals surface area (Å²) in [4.78, 5) is 27.1. The molecule has 0 saturated carbocycles. The summed E-state index contributed by atoms with van der Waals surface area (Å²) in [6.45, 7) is 7.09. The monoisotopic (exact) mass is 425 g/mol. The van der Waals surface area contributed by atoms with Crippen LogP contribution < -0.4 is 20.1 Å². The van der Waals surface area contributed by atoms with E-state index in [1.165, 1.54) is 5.56 Å². The molecule has 0 unspecified atom stereocenters. The van der Waals surface area contributed by atoms with E-state index in [1.807, 2.05) is 51.1 Å². The SMILES string of the molecule is COc1cc2c(cc1OC)CN([C@@H](C)C(=O)NCC(=O)Nc1c(C)cccc1C)CC2. The fourth-order valence-electron chi connectivity index (χ4n) is 3.91. The molecule has 0 spiro atoms. The van der Waals surface area contributed by atoms with E-state index in [-0.39, 0.29) is 24.4 Å². The van der Waals surface area contributed by atoms with E-state index in [9.17, 15) is 9.59 Å². The zero-order valence-corrected chi connectivity index (χ0v) is 18.9. The second-order valence-corrected chi connectivity index (χ2v) is 7.91. The number of aryl methyl sites for hydroxylation is 2. The van der Waals surface area contributed by atoms with Crippen molar-refractivity contribution in [3.05, 3.63) is 52.6 Å². The van der Waals surface area contributed by atoms with Crippen molar-refractivity contribution in [3.63, 3.8) is 0 Å². The lowest BCUT2D eigenvalue weighted by atomic mass is 9.97. The summed E-state index contributed by atoms with van der Waals surface area (Å²) in [7, 11) is 3.24. The maximum atomic E-state index is 12.7. The summed E-state index contributed by atoms with van der Waals surface area (Å²) >= 11 is 0. The van der Waals surface area contributed by atoms with Crippen molar-refractivity contribution in [2.75, 3.05) is 32.6 Å². The lowest BCUT2D eigenvalue weighted by Crippen LogP contribution is -2.48. The van der Waals surface area contributed by atoms with Gasteiger partial charge in [0, 0.05) is 18.8 Å². The summed E-state index contributed by atoms with van der Waals surface area (Å²) in [6.07, 6.45) is 0.820. The summed E-state index contributed by atoms with van der Waals surface area (Å²) < 4.78 is 10.8. The number of methoxy groups -OCH3 is 2. The fourth-order valence-corrected chi connectivity index (χ4v) is 3.91. The number of rotatable bonds is 7. The van der Waals surface area contributed by atoms with Gasteiger partial charge in [-0.2, -0.15) is 0 Å². The highest BCUT2D eigenvalue weighted by molar-refractivity contribution is 5.96. The standard InChI is InChI=1S/C24H31N3O4/c1-15-7-6-8-16(2)23(15)26-22(28)13-25-24(29)17(3)27-10-9-18-11-20(30-4)21(31-5)12-19(18)14-27/h6-8,11-12,17H,9-10,13-14H2,1-5H3,(H,25,29)(H,26,28)/t17-/m0/s1.